The zero-order valence-electron chi connectivity index (χ0n) is 12.8. The van der Waals surface area contributed by atoms with E-state index in [0.717, 1.165) is 38.1 Å². The van der Waals surface area contributed by atoms with Gasteiger partial charge in [0.1, 0.15) is 0 Å². The summed E-state index contributed by atoms with van der Waals surface area (Å²) in [6.07, 6.45) is 2.03. The lowest BCUT2D eigenvalue weighted by Crippen LogP contribution is -2.30. The van der Waals surface area contributed by atoms with Gasteiger partial charge in [0.05, 0.1) is 12.7 Å². The summed E-state index contributed by atoms with van der Waals surface area (Å²) < 4.78 is 11.8. The summed E-state index contributed by atoms with van der Waals surface area (Å²) in [5.41, 5.74) is 2.42. The second kappa shape index (κ2) is 8.08. The van der Waals surface area contributed by atoms with Gasteiger partial charge in [-0.3, -0.25) is 0 Å². The molecule has 0 radical (unpaired) electrons. The summed E-state index contributed by atoms with van der Waals surface area (Å²) in [7, 11) is 0. The van der Waals surface area contributed by atoms with E-state index in [9.17, 15) is 0 Å². The van der Waals surface area contributed by atoms with E-state index in [1.54, 1.807) is 0 Å². The second-order valence-electron chi connectivity index (χ2n) is 5.61. The molecule has 22 heavy (non-hydrogen) atoms. The van der Waals surface area contributed by atoms with Crippen LogP contribution in [-0.4, -0.2) is 19.3 Å². The third kappa shape index (κ3) is 4.41. The summed E-state index contributed by atoms with van der Waals surface area (Å²) >= 11 is 0. The Morgan fingerprint density at radius 3 is 2.45 bits per heavy atom. The van der Waals surface area contributed by atoms with E-state index in [0.29, 0.717) is 0 Å². The summed E-state index contributed by atoms with van der Waals surface area (Å²) in [6, 6.07) is 20.6. The minimum absolute atomic E-state index is 0.214. The van der Waals surface area contributed by atoms with Gasteiger partial charge in [0.2, 0.25) is 0 Å². The zero-order chi connectivity index (χ0) is 15.0. The molecule has 1 aliphatic heterocycles. The molecule has 0 spiro atoms. The highest BCUT2D eigenvalue weighted by Crippen LogP contribution is 2.27. The monoisotopic (exact) mass is 297 g/mol. The molecule has 2 atom stereocenters. The molecule has 2 aromatic rings. The first kappa shape index (κ1) is 15.2. The number of nitrogens with one attached hydrogen (secondary N) is 1. The van der Waals surface area contributed by atoms with Crippen LogP contribution in [0, 0.1) is 0 Å². The maximum Gasteiger partial charge on any atom is 0.184 e. The van der Waals surface area contributed by atoms with Crippen LogP contribution >= 0.6 is 0 Å². The van der Waals surface area contributed by atoms with Gasteiger partial charge in [0.25, 0.3) is 0 Å². The summed E-state index contributed by atoms with van der Waals surface area (Å²) in [5, 5.41) is 3.48. The number of ether oxygens (including phenoxy) is 2. The molecule has 3 heteroatoms. The summed E-state index contributed by atoms with van der Waals surface area (Å²) in [6.45, 7) is 2.64. The van der Waals surface area contributed by atoms with Gasteiger partial charge in [-0.2, -0.15) is 0 Å². The van der Waals surface area contributed by atoms with Gasteiger partial charge in [-0.15, -0.1) is 0 Å². The minimum Gasteiger partial charge on any atom is -0.348 e. The van der Waals surface area contributed by atoms with Crippen LogP contribution in [0.25, 0.3) is 0 Å². The van der Waals surface area contributed by atoms with Gasteiger partial charge < -0.3 is 14.8 Å². The fraction of sp³-hybridized carbons (Fsp3) is 0.368. The molecular formula is C19H23NO2. The van der Waals surface area contributed by atoms with E-state index in [2.05, 4.69) is 41.7 Å². The standard InChI is InChI=1S/C19H23NO2/c1-3-7-16(8-4-1)15-20-13-11-18-12-14-21-19(22-18)17-9-5-2-6-10-17/h1-10,18-20H,11-15H2/t18-,19+/m1/s1. The molecule has 0 aliphatic carbocycles. The largest absolute Gasteiger partial charge is 0.348 e. The Morgan fingerprint density at radius 2 is 1.68 bits per heavy atom. The maximum absolute atomic E-state index is 6.06. The highest BCUT2D eigenvalue weighted by atomic mass is 16.7. The van der Waals surface area contributed by atoms with Gasteiger partial charge >= 0.3 is 0 Å². The van der Waals surface area contributed by atoms with Crippen LogP contribution < -0.4 is 5.32 Å². The molecule has 1 saturated heterocycles. The van der Waals surface area contributed by atoms with Crippen molar-refractivity contribution < 1.29 is 9.47 Å². The number of hydrogen-bond donors (Lipinski definition) is 1. The van der Waals surface area contributed by atoms with Crippen LogP contribution in [0.3, 0.4) is 0 Å². The van der Waals surface area contributed by atoms with Crippen molar-refractivity contribution in [1.29, 1.82) is 0 Å². The Labute approximate surface area is 132 Å². The van der Waals surface area contributed by atoms with Crippen LogP contribution in [0.5, 0.6) is 0 Å². The van der Waals surface area contributed by atoms with Crippen molar-refractivity contribution in [1.82, 2.24) is 5.32 Å². The van der Waals surface area contributed by atoms with Crippen LogP contribution in [0.15, 0.2) is 60.7 Å². The average molecular weight is 297 g/mol. The van der Waals surface area contributed by atoms with E-state index in [4.69, 9.17) is 9.47 Å². The van der Waals surface area contributed by atoms with Gasteiger partial charge in [-0.1, -0.05) is 60.7 Å². The quantitative estimate of drug-likeness (QED) is 0.825. The topological polar surface area (TPSA) is 30.5 Å². The van der Waals surface area contributed by atoms with Gasteiger partial charge in [-0.05, 0) is 24.9 Å². The molecule has 116 valence electrons. The molecule has 0 amide bonds. The van der Waals surface area contributed by atoms with E-state index in [1.807, 2.05) is 24.3 Å². The molecule has 1 N–H and O–H groups in total. The lowest BCUT2D eigenvalue weighted by molar-refractivity contribution is -0.218. The van der Waals surface area contributed by atoms with E-state index in [-0.39, 0.29) is 12.4 Å². The van der Waals surface area contributed by atoms with Crippen LogP contribution in [0.4, 0.5) is 0 Å². The van der Waals surface area contributed by atoms with E-state index < -0.39 is 0 Å². The fourth-order valence-electron chi connectivity index (χ4n) is 2.68. The molecule has 1 aliphatic rings. The SMILES string of the molecule is c1ccc(CNCC[C@@H]2CCO[C@H](c3ccccc3)O2)cc1. The lowest BCUT2D eigenvalue weighted by Gasteiger charge is -2.30. The van der Waals surface area contributed by atoms with Crippen LogP contribution in [0.1, 0.15) is 30.3 Å². The van der Waals surface area contributed by atoms with Gasteiger partial charge in [0, 0.05) is 12.1 Å². The number of hydrogen-bond acceptors (Lipinski definition) is 3. The van der Waals surface area contributed by atoms with E-state index >= 15 is 0 Å². The highest BCUT2D eigenvalue weighted by Gasteiger charge is 2.23. The highest BCUT2D eigenvalue weighted by molar-refractivity contribution is 5.16. The van der Waals surface area contributed by atoms with Crippen LogP contribution in [0.2, 0.25) is 0 Å². The molecule has 0 saturated carbocycles. The second-order valence-corrected chi connectivity index (χ2v) is 5.61. The van der Waals surface area contributed by atoms with Crippen LogP contribution in [-0.2, 0) is 16.0 Å². The summed E-state index contributed by atoms with van der Waals surface area (Å²) in [4.78, 5) is 0. The Kier molecular flexibility index (Phi) is 5.59. The Balaban J connectivity index is 1.41. The first-order chi connectivity index (χ1) is 10.9. The molecule has 3 nitrogen and oxygen atoms in total. The molecule has 2 aromatic carbocycles. The van der Waals surface area contributed by atoms with Gasteiger partial charge in [0.15, 0.2) is 6.29 Å². The van der Waals surface area contributed by atoms with Crippen molar-refractivity contribution >= 4 is 0 Å². The van der Waals surface area contributed by atoms with Crippen molar-refractivity contribution in [3.05, 3.63) is 71.8 Å². The molecular weight excluding hydrogens is 274 g/mol. The molecule has 0 bridgehead atoms. The number of rotatable bonds is 6. The minimum atomic E-state index is -0.214. The first-order valence-corrected chi connectivity index (χ1v) is 7.98. The molecule has 0 aromatic heterocycles. The van der Waals surface area contributed by atoms with E-state index in [1.165, 1.54) is 5.56 Å². The third-order valence-electron chi connectivity index (χ3n) is 3.91. The molecule has 1 fully saturated rings. The number of benzene rings is 2. The van der Waals surface area contributed by atoms with Crippen molar-refractivity contribution in [2.45, 2.75) is 31.8 Å². The Bertz CT molecular complexity index is 544. The fourth-order valence-corrected chi connectivity index (χ4v) is 2.68. The maximum atomic E-state index is 6.06. The van der Waals surface area contributed by atoms with Gasteiger partial charge in [-0.25, -0.2) is 0 Å². The van der Waals surface area contributed by atoms with Crippen molar-refractivity contribution in [3.63, 3.8) is 0 Å². The average Bonchev–Trinajstić information content (AvgIpc) is 2.61. The third-order valence-corrected chi connectivity index (χ3v) is 3.91. The van der Waals surface area contributed by atoms with Crippen molar-refractivity contribution in [2.24, 2.45) is 0 Å². The molecule has 1 heterocycles. The lowest BCUT2D eigenvalue weighted by atomic mass is 10.1. The first-order valence-electron chi connectivity index (χ1n) is 7.98. The van der Waals surface area contributed by atoms with Crippen molar-refractivity contribution in [2.75, 3.05) is 13.2 Å². The normalized spacial score (nSPS) is 21.6. The predicted octanol–water partition coefficient (Wildman–Crippen LogP) is 3.67. The van der Waals surface area contributed by atoms with Crippen molar-refractivity contribution in [3.8, 4) is 0 Å². The molecule has 3 rings (SSSR count). The Morgan fingerprint density at radius 1 is 0.955 bits per heavy atom. The summed E-state index contributed by atoms with van der Waals surface area (Å²) in [5.74, 6) is 0. The Hall–Kier alpha value is -1.68. The zero-order valence-corrected chi connectivity index (χ0v) is 12.8. The molecule has 0 unspecified atom stereocenters. The smallest absolute Gasteiger partial charge is 0.184 e. The predicted molar refractivity (Wildman–Crippen MR) is 87.4 cm³/mol.